The first-order valence-corrected chi connectivity index (χ1v) is 7.16. The number of hydrazine groups is 1. The molecular formula is C16H23N3. The fraction of sp³-hybridized carbons (Fsp3) is 0.438. The first kappa shape index (κ1) is 14.0. The molecule has 0 fully saturated rings. The van der Waals surface area contributed by atoms with Crippen molar-refractivity contribution in [2.24, 2.45) is 5.84 Å². The van der Waals surface area contributed by atoms with E-state index in [-0.39, 0.29) is 6.04 Å². The Labute approximate surface area is 115 Å². The molecule has 0 spiro atoms. The number of pyridine rings is 1. The summed E-state index contributed by atoms with van der Waals surface area (Å²) in [6.07, 6.45) is 7.97. The van der Waals surface area contributed by atoms with Crippen molar-refractivity contribution in [3.63, 3.8) is 0 Å². The summed E-state index contributed by atoms with van der Waals surface area (Å²) in [4.78, 5) is 4.40. The molecule has 3 heteroatoms. The van der Waals surface area contributed by atoms with Crippen LogP contribution in [0, 0.1) is 0 Å². The molecule has 0 saturated heterocycles. The maximum atomic E-state index is 5.69. The largest absolute Gasteiger partial charge is 0.271 e. The zero-order chi connectivity index (χ0) is 13.5. The molecule has 19 heavy (non-hydrogen) atoms. The first-order chi connectivity index (χ1) is 9.35. The summed E-state index contributed by atoms with van der Waals surface area (Å²) in [6.45, 7) is 2.23. The van der Waals surface area contributed by atoms with Gasteiger partial charge in [-0.05, 0) is 24.1 Å². The van der Waals surface area contributed by atoms with Crippen LogP contribution in [0.25, 0.3) is 10.9 Å². The maximum absolute atomic E-state index is 5.69. The standard InChI is InChI=1S/C16H23N3/c1-2-3-4-5-8-15(19-17)14-10-9-13-7-6-11-18-16(13)12-14/h6-7,9-12,15,19H,2-5,8,17H2,1H3. The van der Waals surface area contributed by atoms with Gasteiger partial charge in [-0.25, -0.2) is 0 Å². The predicted octanol–water partition coefficient (Wildman–Crippen LogP) is 3.71. The van der Waals surface area contributed by atoms with Gasteiger partial charge in [0, 0.05) is 17.6 Å². The van der Waals surface area contributed by atoms with E-state index >= 15 is 0 Å². The number of rotatable bonds is 7. The molecule has 2 aromatic rings. The molecule has 1 unspecified atom stereocenters. The zero-order valence-corrected chi connectivity index (χ0v) is 11.6. The van der Waals surface area contributed by atoms with Gasteiger partial charge in [0.2, 0.25) is 0 Å². The molecule has 0 amide bonds. The molecule has 3 N–H and O–H groups in total. The smallest absolute Gasteiger partial charge is 0.0705 e. The molecule has 1 aromatic carbocycles. The number of nitrogens with one attached hydrogen (secondary N) is 1. The Morgan fingerprint density at radius 1 is 1.21 bits per heavy atom. The Bertz CT molecular complexity index is 510. The van der Waals surface area contributed by atoms with Crippen LogP contribution < -0.4 is 11.3 Å². The fourth-order valence-corrected chi connectivity index (χ4v) is 2.42. The van der Waals surface area contributed by atoms with Crippen LogP contribution in [0.2, 0.25) is 0 Å². The van der Waals surface area contributed by atoms with Crippen LogP contribution >= 0.6 is 0 Å². The summed E-state index contributed by atoms with van der Waals surface area (Å²) in [7, 11) is 0. The topological polar surface area (TPSA) is 50.9 Å². The number of unbranched alkanes of at least 4 members (excludes halogenated alkanes) is 3. The zero-order valence-electron chi connectivity index (χ0n) is 11.6. The average molecular weight is 257 g/mol. The van der Waals surface area contributed by atoms with Crippen LogP contribution in [0.15, 0.2) is 36.5 Å². The third kappa shape index (κ3) is 3.75. The lowest BCUT2D eigenvalue weighted by molar-refractivity contribution is 0.482. The first-order valence-electron chi connectivity index (χ1n) is 7.16. The number of aromatic nitrogens is 1. The van der Waals surface area contributed by atoms with E-state index in [1.54, 1.807) is 0 Å². The number of nitrogens with zero attached hydrogens (tertiary/aromatic N) is 1. The molecule has 0 radical (unpaired) electrons. The lowest BCUT2D eigenvalue weighted by atomic mass is 9.99. The summed E-state index contributed by atoms with van der Waals surface area (Å²) in [5.74, 6) is 5.69. The molecule has 2 rings (SSSR count). The average Bonchev–Trinajstić information content (AvgIpc) is 2.47. The van der Waals surface area contributed by atoms with Crippen molar-refractivity contribution in [1.29, 1.82) is 0 Å². The highest BCUT2D eigenvalue weighted by Crippen LogP contribution is 2.22. The van der Waals surface area contributed by atoms with E-state index in [2.05, 4.69) is 41.6 Å². The Hall–Kier alpha value is -1.45. The van der Waals surface area contributed by atoms with Crippen LogP contribution in [0.4, 0.5) is 0 Å². The molecular weight excluding hydrogens is 234 g/mol. The second kappa shape index (κ2) is 7.22. The molecule has 3 nitrogen and oxygen atoms in total. The highest BCUT2D eigenvalue weighted by atomic mass is 15.2. The van der Waals surface area contributed by atoms with Crippen LogP contribution in [0.5, 0.6) is 0 Å². The van der Waals surface area contributed by atoms with Gasteiger partial charge in [-0.1, -0.05) is 50.8 Å². The highest BCUT2D eigenvalue weighted by molar-refractivity contribution is 5.78. The van der Waals surface area contributed by atoms with Crippen molar-refractivity contribution in [3.8, 4) is 0 Å². The monoisotopic (exact) mass is 257 g/mol. The van der Waals surface area contributed by atoms with E-state index in [0.29, 0.717) is 0 Å². The third-order valence-corrected chi connectivity index (χ3v) is 3.58. The Morgan fingerprint density at radius 2 is 2.11 bits per heavy atom. The molecule has 0 saturated carbocycles. The Morgan fingerprint density at radius 3 is 2.89 bits per heavy atom. The molecule has 1 atom stereocenters. The lowest BCUT2D eigenvalue weighted by Crippen LogP contribution is -2.27. The third-order valence-electron chi connectivity index (χ3n) is 3.58. The van der Waals surface area contributed by atoms with Crippen LogP contribution in [0.1, 0.15) is 50.6 Å². The van der Waals surface area contributed by atoms with Crippen LogP contribution in [-0.4, -0.2) is 4.98 Å². The maximum Gasteiger partial charge on any atom is 0.0705 e. The highest BCUT2D eigenvalue weighted by Gasteiger charge is 2.09. The van der Waals surface area contributed by atoms with Gasteiger partial charge in [-0.15, -0.1) is 0 Å². The SMILES string of the molecule is CCCCCCC(NN)c1ccc2cccnc2c1. The Balaban J connectivity index is 2.07. The summed E-state index contributed by atoms with van der Waals surface area (Å²) in [5.41, 5.74) is 5.20. The predicted molar refractivity (Wildman–Crippen MR) is 80.6 cm³/mol. The quantitative estimate of drug-likeness (QED) is 0.451. The van der Waals surface area contributed by atoms with Crippen molar-refractivity contribution in [1.82, 2.24) is 10.4 Å². The van der Waals surface area contributed by atoms with Gasteiger partial charge in [0.1, 0.15) is 0 Å². The fourth-order valence-electron chi connectivity index (χ4n) is 2.42. The summed E-state index contributed by atoms with van der Waals surface area (Å²) in [5, 5.41) is 1.17. The van der Waals surface area contributed by atoms with Crippen LogP contribution in [-0.2, 0) is 0 Å². The van der Waals surface area contributed by atoms with E-state index in [9.17, 15) is 0 Å². The number of nitrogens with two attached hydrogens (primary N) is 1. The Kier molecular flexibility index (Phi) is 5.31. The lowest BCUT2D eigenvalue weighted by Gasteiger charge is -2.16. The van der Waals surface area contributed by atoms with Crippen molar-refractivity contribution in [2.45, 2.75) is 45.1 Å². The van der Waals surface area contributed by atoms with E-state index in [1.807, 2.05) is 12.3 Å². The van der Waals surface area contributed by atoms with Crippen LogP contribution in [0.3, 0.4) is 0 Å². The second-order valence-corrected chi connectivity index (χ2v) is 5.02. The van der Waals surface area contributed by atoms with Crippen molar-refractivity contribution in [2.75, 3.05) is 0 Å². The number of hydrogen-bond acceptors (Lipinski definition) is 3. The molecule has 1 heterocycles. The van der Waals surface area contributed by atoms with E-state index in [4.69, 9.17) is 5.84 Å². The van der Waals surface area contributed by atoms with E-state index in [1.165, 1.54) is 36.6 Å². The molecule has 0 aliphatic carbocycles. The van der Waals surface area contributed by atoms with Gasteiger partial charge in [-0.2, -0.15) is 0 Å². The van der Waals surface area contributed by atoms with Gasteiger partial charge in [0.25, 0.3) is 0 Å². The molecule has 0 aliphatic rings. The minimum Gasteiger partial charge on any atom is -0.271 e. The summed E-state index contributed by atoms with van der Waals surface area (Å²) < 4.78 is 0. The van der Waals surface area contributed by atoms with E-state index < -0.39 is 0 Å². The second-order valence-electron chi connectivity index (χ2n) is 5.02. The van der Waals surface area contributed by atoms with Gasteiger partial charge < -0.3 is 0 Å². The minimum absolute atomic E-state index is 0.225. The minimum atomic E-state index is 0.225. The normalized spacial score (nSPS) is 12.7. The van der Waals surface area contributed by atoms with Gasteiger partial charge in [-0.3, -0.25) is 16.3 Å². The molecule has 0 bridgehead atoms. The van der Waals surface area contributed by atoms with Gasteiger partial charge >= 0.3 is 0 Å². The molecule has 1 aromatic heterocycles. The van der Waals surface area contributed by atoms with Crippen molar-refractivity contribution >= 4 is 10.9 Å². The summed E-state index contributed by atoms with van der Waals surface area (Å²) >= 11 is 0. The summed E-state index contributed by atoms with van der Waals surface area (Å²) in [6, 6.07) is 10.7. The van der Waals surface area contributed by atoms with Crippen molar-refractivity contribution < 1.29 is 0 Å². The molecule has 0 aliphatic heterocycles. The van der Waals surface area contributed by atoms with Gasteiger partial charge in [0.05, 0.1) is 5.52 Å². The molecule has 102 valence electrons. The number of fused-ring (bicyclic) bond motifs is 1. The van der Waals surface area contributed by atoms with E-state index in [0.717, 1.165) is 11.9 Å². The van der Waals surface area contributed by atoms with Crippen molar-refractivity contribution in [3.05, 3.63) is 42.1 Å². The number of hydrogen-bond donors (Lipinski definition) is 2. The number of benzene rings is 1. The van der Waals surface area contributed by atoms with Gasteiger partial charge in [0.15, 0.2) is 0 Å².